The number of benzene rings is 1. The Labute approximate surface area is 180 Å². The van der Waals surface area contributed by atoms with E-state index in [0.29, 0.717) is 26.1 Å². The van der Waals surface area contributed by atoms with Crippen LogP contribution in [0.1, 0.15) is 39.2 Å². The van der Waals surface area contributed by atoms with E-state index >= 15 is 0 Å². The van der Waals surface area contributed by atoms with Gasteiger partial charge in [0.05, 0.1) is 17.4 Å². The molecule has 9 nitrogen and oxygen atoms in total. The van der Waals surface area contributed by atoms with Gasteiger partial charge in [0, 0.05) is 38.5 Å². The molecule has 0 unspecified atom stereocenters. The summed E-state index contributed by atoms with van der Waals surface area (Å²) >= 11 is 0. The Morgan fingerprint density at radius 2 is 1.94 bits per heavy atom. The topological polar surface area (TPSA) is 96.8 Å². The molecule has 2 aliphatic rings. The molecule has 1 aromatic carbocycles. The van der Waals surface area contributed by atoms with Crippen molar-refractivity contribution in [3.63, 3.8) is 0 Å². The van der Waals surface area contributed by atoms with Crippen molar-refractivity contribution in [1.29, 1.82) is 0 Å². The van der Waals surface area contributed by atoms with Crippen molar-refractivity contribution in [3.05, 3.63) is 30.0 Å². The standard InChI is InChI=1S/C22H27N5O4/c1-22(2,3)31-21(30)26-8-5-14(6-9-26)15-11-17-16(13-23-25(17)4)18(12-15)27-10-7-19(28)24-20(27)29/h5,11-13H,6-10H2,1-4H3,(H,24,28,29). The summed E-state index contributed by atoms with van der Waals surface area (Å²) < 4.78 is 7.24. The van der Waals surface area contributed by atoms with Crippen molar-refractivity contribution in [2.75, 3.05) is 24.5 Å². The summed E-state index contributed by atoms with van der Waals surface area (Å²) in [5, 5.41) is 7.58. The van der Waals surface area contributed by atoms with Gasteiger partial charge in [0.1, 0.15) is 5.60 Å². The highest BCUT2D eigenvalue weighted by molar-refractivity contribution is 6.10. The van der Waals surface area contributed by atoms with Gasteiger partial charge >= 0.3 is 12.1 Å². The first-order valence-electron chi connectivity index (χ1n) is 10.4. The predicted molar refractivity (Wildman–Crippen MR) is 117 cm³/mol. The third-order valence-corrected chi connectivity index (χ3v) is 5.42. The van der Waals surface area contributed by atoms with Gasteiger partial charge in [0.15, 0.2) is 0 Å². The van der Waals surface area contributed by atoms with E-state index < -0.39 is 11.6 Å². The zero-order valence-corrected chi connectivity index (χ0v) is 18.3. The highest BCUT2D eigenvalue weighted by atomic mass is 16.6. The van der Waals surface area contributed by atoms with E-state index in [-0.39, 0.29) is 18.4 Å². The fraction of sp³-hybridized carbons (Fsp3) is 0.455. The van der Waals surface area contributed by atoms with Crippen molar-refractivity contribution >= 4 is 40.2 Å². The molecule has 31 heavy (non-hydrogen) atoms. The van der Waals surface area contributed by atoms with Crippen LogP contribution in [-0.2, 0) is 16.6 Å². The van der Waals surface area contributed by atoms with E-state index in [4.69, 9.17) is 4.74 Å². The molecule has 164 valence electrons. The zero-order valence-electron chi connectivity index (χ0n) is 18.3. The molecule has 3 heterocycles. The van der Waals surface area contributed by atoms with Crippen molar-refractivity contribution in [3.8, 4) is 0 Å². The highest BCUT2D eigenvalue weighted by Gasteiger charge is 2.28. The Bertz CT molecular complexity index is 1100. The number of fused-ring (bicyclic) bond motifs is 1. The maximum absolute atomic E-state index is 12.5. The molecular formula is C22H27N5O4. The fourth-order valence-electron chi connectivity index (χ4n) is 3.86. The van der Waals surface area contributed by atoms with Crippen LogP contribution in [0.2, 0.25) is 0 Å². The minimum atomic E-state index is -0.531. The van der Waals surface area contributed by atoms with E-state index in [0.717, 1.165) is 27.7 Å². The minimum Gasteiger partial charge on any atom is -0.444 e. The second kappa shape index (κ2) is 7.72. The Balaban J connectivity index is 1.64. The Morgan fingerprint density at radius 1 is 1.16 bits per heavy atom. The first-order valence-corrected chi connectivity index (χ1v) is 10.4. The first-order chi connectivity index (χ1) is 14.6. The number of hydrogen-bond donors (Lipinski definition) is 1. The van der Waals surface area contributed by atoms with Gasteiger partial charge in [0.2, 0.25) is 5.91 Å². The van der Waals surface area contributed by atoms with Crippen LogP contribution in [0.25, 0.3) is 16.5 Å². The lowest BCUT2D eigenvalue weighted by Gasteiger charge is -2.30. The van der Waals surface area contributed by atoms with Gasteiger partial charge in [-0.15, -0.1) is 0 Å². The van der Waals surface area contributed by atoms with E-state index in [1.165, 1.54) is 0 Å². The summed E-state index contributed by atoms with van der Waals surface area (Å²) in [6.07, 6.45) is 4.37. The minimum absolute atomic E-state index is 0.255. The molecule has 4 rings (SSSR count). The van der Waals surface area contributed by atoms with Gasteiger partial charge in [-0.1, -0.05) is 6.08 Å². The number of aryl methyl sites for hydroxylation is 1. The van der Waals surface area contributed by atoms with Crippen LogP contribution in [0, 0.1) is 0 Å². The summed E-state index contributed by atoms with van der Waals surface area (Å²) in [6, 6.07) is 3.59. The summed E-state index contributed by atoms with van der Waals surface area (Å²) in [5.74, 6) is -0.267. The average Bonchev–Trinajstić information content (AvgIpc) is 3.07. The van der Waals surface area contributed by atoms with Gasteiger partial charge in [-0.2, -0.15) is 5.10 Å². The number of carbonyl (C=O) groups excluding carboxylic acids is 3. The Kier molecular flexibility index (Phi) is 5.20. The molecule has 4 amide bonds. The van der Waals surface area contributed by atoms with Crippen LogP contribution in [-0.4, -0.2) is 57.9 Å². The van der Waals surface area contributed by atoms with E-state index in [9.17, 15) is 14.4 Å². The number of amides is 4. The molecule has 0 spiro atoms. The predicted octanol–water partition coefficient (Wildman–Crippen LogP) is 3.04. The molecule has 2 aliphatic heterocycles. The third kappa shape index (κ3) is 4.26. The van der Waals surface area contributed by atoms with Gasteiger partial charge in [-0.3, -0.25) is 19.7 Å². The lowest BCUT2D eigenvalue weighted by atomic mass is 9.97. The largest absolute Gasteiger partial charge is 0.444 e. The molecule has 0 radical (unpaired) electrons. The second-order valence-electron chi connectivity index (χ2n) is 8.86. The molecule has 1 aromatic heterocycles. The molecule has 9 heteroatoms. The number of rotatable bonds is 2. The summed E-state index contributed by atoms with van der Waals surface area (Å²) in [5.41, 5.74) is 3.16. The molecule has 0 bridgehead atoms. The van der Waals surface area contributed by atoms with Gasteiger partial charge in [0.25, 0.3) is 0 Å². The number of nitrogens with zero attached hydrogens (tertiary/aromatic N) is 4. The van der Waals surface area contributed by atoms with E-state index in [1.54, 1.807) is 20.7 Å². The van der Waals surface area contributed by atoms with E-state index in [1.807, 2.05) is 46.0 Å². The second-order valence-corrected chi connectivity index (χ2v) is 8.86. The van der Waals surface area contributed by atoms with Gasteiger partial charge in [-0.25, -0.2) is 9.59 Å². The number of imide groups is 1. The number of carbonyl (C=O) groups is 3. The van der Waals surface area contributed by atoms with Crippen LogP contribution in [0.5, 0.6) is 0 Å². The maximum atomic E-state index is 12.5. The summed E-state index contributed by atoms with van der Waals surface area (Å²) in [6.45, 7) is 6.89. The van der Waals surface area contributed by atoms with E-state index in [2.05, 4.69) is 10.4 Å². The molecule has 1 N–H and O–H groups in total. The smallest absolute Gasteiger partial charge is 0.410 e. The molecule has 2 aromatic rings. The Hall–Kier alpha value is -3.36. The quantitative estimate of drug-likeness (QED) is 0.798. The molecule has 1 saturated heterocycles. The number of ether oxygens (including phenoxy) is 1. The highest BCUT2D eigenvalue weighted by Crippen LogP contribution is 2.34. The lowest BCUT2D eigenvalue weighted by Crippen LogP contribution is -2.49. The van der Waals surface area contributed by atoms with Crippen LogP contribution < -0.4 is 10.2 Å². The van der Waals surface area contributed by atoms with Crippen LogP contribution in [0.15, 0.2) is 24.4 Å². The van der Waals surface area contributed by atoms with Gasteiger partial charge in [-0.05, 0) is 50.5 Å². The normalized spacial score (nSPS) is 17.6. The molecular weight excluding hydrogens is 398 g/mol. The Morgan fingerprint density at radius 3 is 2.58 bits per heavy atom. The molecule has 0 saturated carbocycles. The number of urea groups is 1. The maximum Gasteiger partial charge on any atom is 0.410 e. The lowest BCUT2D eigenvalue weighted by molar-refractivity contribution is -0.120. The summed E-state index contributed by atoms with van der Waals surface area (Å²) in [4.78, 5) is 39.7. The number of nitrogens with one attached hydrogen (secondary N) is 1. The summed E-state index contributed by atoms with van der Waals surface area (Å²) in [7, 11) is 1.86. The fourth-order valence-corrected chi connectivity index (χ4v) is 3.86. The van der Waals surface area contributed by atoms with Crippen LogP contribution in [0.4, 0.5) is 15.3 Å². The van der Waals surface area contributed by atoms with Crippen LogP contribution >= 0.6 is 0 Å². The van der Waals surface area contributed by atoms with Crippen molar-refractivity contribution in [1.82, 2.24) is 20.0 Å². The number of aromatic nitrogens is 2. The number of anilines is 1. The SMILES string of the molecule is Cn1ncc2c(N3CCC(=O)NC3=O)cc(C3=CCN(C(=O)OC(C)(C)C)CC3)cc21. The zero-order chi connectivity index (χ0) is 22.3. The van der Waals surface area contributed by atoms with Crippen molar-refractivity contribution in [2.24, 2.45) is 7.05 Å². The van der Waals surface area contributed by atoms with Crippen molar-refractivity contribution in [2.45, 2.75) is 39.2 Å². The monoisotopic (exact) mass is 425 g/mol. The molecule has 0 aliphatic carbocycles. The third-order valence-electron chi connectivity index (χ3n) is 5.42. The molecule has 0 atom stereocenters. The first kappa shape index (κ1) is 20.9. The average molecular weight is 425 g/mol. The number of hydrogen-bond acceptors (Lipinski definition) is 5. The van der Waals surface area contributed by atoms with Crippen molar-refractivity contribution < 1.29 is 19.1 Å². The molecule has 1 fully saturated rings. The van der Waals surface area contributed by atoms with Crippen LogP contribution in [0.3, 0.4) is 0 Å². The van der Waals surface area contributed by atoms with Gasteiger partial charge < -0.3 is 9.64 Å².